The van der Waals surface area contributed by atoms with Crippen molar-refractivity contribution in [2.45, 2.75) is 36.8 Å². The van der Waals surface area contributed by atoms with Crippen LogP contribution in [0.1, 0.15) is 29.5 Å². The molecule has 12 heteroatoms. The minimum absolute atomic E-state index is 0.0266. The van der Waals surface area contributed by atoms with Crippen molar-refractivity contribution < 1.29 is 40.7 Å². The number of hydrogen-bond acceptors (Lipinski definition) is 4. The number of hydrogen-bond donors (Lipinski definition) is 3. The number of benzene rings is 1. The van der Waals surface area contributed by atoms with Gasteiger partial charge in [-0.2, -0.15) is 26.3 Å². The summed E-state index contributed by atoms with van der Waals surface area (Å²) in [5, 5.41) is 4.63. The van der Waals surface area contributed by atoms with E-state index in [9.17, 15) is 35.9 Å². The van der Waals surface area contributed by atoms with Crippen LogP contribution >= 0.6 is 0 Å². The number of amides is 2. The molecule has 0 saturated heterocycles. The molecule has 2 amide bonds. The van der Waals surface area contributed by atoms with Gasteiger partial charge in [0.05, 0.1) is 29.8 Å². The molecule has 6 nitrogen and oxygen atoms in total. The molecule has 0 spiro atoms. The Bertz CT molecular complexity index is 742. The predicted molar refractivity (Wildman–Crippen MR) is 88.4 cm³/mol. The highest BCUT2D eigenvalue weighted by Crippen LogP contribution is 2.48. The van der Waals surface area contributed by atoms with Gasteiger partial charge in [0.2, 0.25) is 11.8 Å². The van der Waals surface area contributed by atoms with Crippen molar-refractivity contribution in [1.82, 2.24) is 10.6 Å². The van der Waals surface area contributed by atoms with Gasteiger partial charge >= 0.3 is 12.4 Å². The summed E-state index contributed by atoms with van der Waals surface area (Å²) in [6.45, 7) is -0.634. The molecule has 0 radical (unpaired) electrons. The first kappa shape index (κ1) is 22.9. The summed E-state index contributed by atoms with van der Waals surface area (Å²) in [5.41, 5.74) is 0.919. The molecule has 1 aliphatic carbocycles. The lowest BCUT2D eigenvalue weighted by Gasteiger charge is -2.22. The van der Waals surface area contributed by atoms with Crippen molar-refractivity contribution in [3.8, 4) is 0 Å². The average molecular weight is 427 g/mol. The number of ether oxygens (including phenoxy) is 1. The standard InChI is InChI=1S/C17H19F6N3O3/c1-29-8-12(24)14(28)25-7-13(27)26-15(2-3-15)9-4-10(16(18,19)20)6-11(5-9)17(21,22)23/h4-6,12H,2-3,7-8,24H2,1H3,(H,25,28)(H,26,27)/t12-/m1/s1. The first-order chi connectivity index (χ1) is 13.3. The van der Waals surface area contributed by atoms with Gasteiger partial charge in [-0.15, -0.1) is 0 Å². The van der Waals surface area contributed by atoms with E-state index in [0.29, 0.717) is 12.1 Å². The van der Waals surface area contributed by atoms with Crippen molar-refractivity contribution >= 4 is 11.8 Å². The number of rotatable bonds is 7. The Kier molecular flexibility index (Phi) is 6.48. The van der Waals surface area contributed by atoms with E-state index in [1.54, 1.807) is 0 Å². The van der Waals surface area contributed by atoms with Gasteiger partial charge in [-0.25, -0.2) is 0 Å². The summed E-state index contributed by atoms with van der Waals surface area (Å²) in [6.07, 6.45) is -9.65. The molecule has 1 aliphatic rings. The molecule has 0 bridgehead atoms. The SMILES string of the molecule is COC[C@@H](N)C(=O)NCC(=O)NC1(c2cc(C(F)(F)F)cc(C(F)(F)F)c2)CC1. The van der Waals surface area contributed by atoms with Crippen LogP contribution in [0, 0.1) is 0 Å². The number of carbonyl (C=O) groups is 2. The fourth-order valence-corrected chi connectivity index (χ4v) is 2.71. The van der Waals surface area contributed by atoms with E-state index in [4.69, 9.17) is 5.73 Å². The molecule has 2 rings (SSSR count). The van der Waals surface area contributed by atoms with Crippen LogP contribution in [0.25, 0.3) is 0 Å². The van der Waals surface area contributed by atoms with Gasteiger partial charge in [-0.05, 0) is 36.6 Å². The minimum atomic E-state index is -4.98. The van der Waals surface area contributed by atoms with Gasteiger partial charge in [-0.1, -0.05) is 0 Å². The zero-order chi connectivity index (χ0) is 22.0. The lowest BCUT2D eigenvalue weighted by atomic mass is 9.97. The molecule has 0 heterocycles. The van der Waals surface area contributed by atoms with Crippen molar-refractivity contribution in [1.29, 1.82) is 0 Å². The normalized spacial score (nSPS) is 16.8. The van der Waals surface area contributed by atoms with E-state index in [-0.39, 0.29) is 31.1 Å². The van der Waals surface area contributed by atoms with Crippen LogP contribution < -0.4 is 16.4 Å². The Morgan fingerprint density at radius 1 is 1.10 bits per heavy atom. The molecule has 1 aromatic rings. The third-order valence-electron chi connectivity index (χ3n) is 4.38. The highest BCUT2D eigenvalue weighted by molar-refractivity contribution is 5.87. The van der Waals surface area contributed by atoms with Gasteiger partial charge in [0.1, 0.15) is 6.04 Å². The second kappa shape index (κ2) is 8.19. The van der Waals surface area contributed by atoms with Crippen LogP contribution in [0.4, 0.5) is 26.3 Å². The number of nitrogens with one attached hydrogen (secondary N) is 2. The Morgan fingerprint density at radius 2 is 1.62 bits per heavy atom. The lowest BCUT2D eigenvalue weighted by Crippen LogP contribution is -2.48. The summed E-state index contributed by atoms with van der Waals surface area (Å²) in [6, 6.07) is 0.185. The van der Waals surface area contributed by atoms with Gasteiger partial charge in [0.25, 0.3) is 0 Å². The Labute approximate surface area is 161 Å². The molecule has 1 atom stereocenters. The van der Waals surface area contributed by atoms with Crippen LogP contribution in [0.5, 0.6) is 0 Å². The van der Waals surface area contributed by atoms with Crippen molar-refractivity contribution in [3.63, 3.8) is 0 Å². The van der Waals surface area contributed by atoms with Crippen LogP contribution in [0.3, 0.4) is 0 Å². The maximum atomic E-state index is 13.0. The molecule has 1 aromatic carbocycles. The van der Waals surface area contributed by atoms with E-state index in [2.05, 4.69) is 15.4 Å². The average Bonchev–Trinajstić information content (AvgIpc) is 3.38. The molecular formula is C17H19F6N3O3. The van der Waals surface area contributed by atoms with Gasteiger partial charge < -0.3 is 21.1 Å². The quantitative estimate of drug-likeness (QED) is 0.580. The number of alkyl halides is 6. The smallest absolute Gasteiger partial charge is 0.383 e. The van der Waals surface area contributed by atoms with E-state index in [0.717, 1.165) is 0 Å². The monoisotopic (exact) mass is 427 g/mol. The summed E-state index contributed by atoms with van der Waals surface area (Å²) in [7, 11) is 1.32. The fraction of sp³-hybridized carbons (Fsp3) is 0.529. The zero-order valence-electron chi connectivity index (χ0n) is 15.2. The third-order valence-corrected chi connectivity index (χ3v) is 4.38. The maximum Gasteiger partial charge on any atom is 0.416 e. The first-order valence-electron chi connectivity index (χ1n) is 8.42. The summed E-state index contributed by atoms with van der Waals surface area (Å²) < 4.78 is 82.9. The summed E-state index contributed by atoms with van der Waals surface area (Å²) in [4.78, 5) is 23.7. The summed E-state index contributed by atoms with van der Waals surface area (Å²) >= 11 is 0. The molecule has 0 aliphatic heterocycles. The molecule has 1 saturated carbocycles. The Morgan fingerprint density at radius 3 is 2.03 bits per heavy atom. The molecule has 0 unspecified atom stereocenters. The zero-order valence-corrected chi connectivity index (χ0v) is 15.2. The van der Waals surface area contributed by atoms with Gasteiger partial charge in [-0.3, -0.25) is 9.59 Å². The fourth-order valence-electron chi connectivity index (χ4n) is 2.71. The van der Waals surface area contributed by atoms with Crippen LogP contribution in [-0.2, 0) is 32.2 Å². The largest absolute Gasteiger partial charge is 0.416 e. The molecule has 162 valence electrons. The van der Waals surface area contributed by atoms with Crippen LogP contribution in [0.15, 0.2) is 18.2 Å². The second-order valence-electron chi connectivity index (χ2n) is 6.70. The van der Waals surface area contributed by atoms with E-state index in [1.165, 1.54) is 7.11 Å². The molecule has 1 fully saturated rings. The topological polar surface area (TPSA) is 93.4 Å². The maximum absolute atomic E-state index is 13.0. The highest BCUT2D eigenvalue weighted by Gasteiger charge is 2.48. The molecular weight excluding hydrogens is 408 g/mol. The van der Waals surface area contributed by atoms with Gasteiger partial charge in [0, 0.05) is 7.11 Å². The van der Waals surface area contributed by atoms with Gasteiger partial charge in [0.15, 0.2) is 0 Å². The van der Waals surface area contributed by atoms with Crippen molar-refractivity contribution in [3.05, 3.63) is 34.9 Å². The first-order valence-corrected chi connectivity index (χ1v) is 8.42. The van der Waals surface area contributed by atoms with Crippen molar-refractivity contribution in [2.75, 3.05) is 20.3 Å². The second-order valence-corrected chi connectivity index (χ2v) is 6.70. The molecule has 0 aromatic heterocycles. The van der Waals surface area contributed by atoms with Crippen LogP contribution in [0.2, 0.25) is 0 Å². The molecule has 4 N–H and O–H groups in total. The lowest BCUT2D eigenvalue weighted by molar-refractivity contribution is -0.143. The Balaban J connectivity index is 2.17. The number of halogens is 6. The highest BCUT2D eigenvalue weighted by atomic mass is 19.4. The van der Waals surface area contributed by atoms with E-state index >= 15 is 0 Å². The van der Waals surface area contributed by atoms with Crippen molar-refractivity contribution in [2.24, 2.45) is 5.73 Å². The minimum Gasteiger partial charge on any atom is -0.383 e. The summed E-state index contributed by atoms with van der Waals surface area (Å²) in [5.74, 6) is -1.46. The van der Waals surface area contributed by atoms with E-state index in [1.807, 2.05) is 0 Å². The Hall–Kier alpha value is -2.34. The van der Waals surface area contributed by atoms with E-state index < -0.39 is 53.4 Å². The van der Waals surface area contributed by atoms with Crippen LogP contribution in [-0.4, -0.2) is 38.1 Å². The third kappa shape index (κ3) is 5.82. The predicted octanol–water partition coefficient (Wildman–Crippen LogP) is 1.92. The number of methoxy groups -OCH3 is 1. The number of carbonyl (C=O) groups excluding carboxylic acids is 2. The molecule has 29 heavy (non-hydrogen) atoms. The number of nitrogens with two attached hydrogens (primary N) is 1.